The van der Waals surface area contributed by atoms with E-state index in [4.69, 9.17) is 10.7 Å². The van der Waals surface area contributed by atoms with Crippen molar-refractivity contribution < 1.29 is 4.79 Å². The highest BCUT2D eigenvalue weighted by Gasteiger charge is 2.25. The fourth-order valence-electron chi connectivity index (χ4n) is 4.02. The number of primary amides is 1. The fraction of sp³-hybridized carbons (Fsp3) is 0.480. The highest BCUT2D eigenvalue weighted by atomic mass is 16.1. The number of nitrogens with zero attached hydrogens (tertiary/aromatic N) is 3. The number of rotatable bonds is 8. The largest absolute Gasteiger partial charge is 0.369 e. The topological polar surface area (TPSA) is 95.6 Å². The van der Waals surface area contributed by atoms with E-state index in [2.05, 4.69) is 71.6 Å². The molecular weight excluding hydrogens is 400 g/mol. The number of pyridine rings is 1. The molecule has 7 heteroatoms. The summed E-state index contributed by atoms with van der Waals surface area (Å²) in [4.78, 5) is 23.2. The minimum absolute atomic E-state index is 0.0261. The zero-order chi connectivity index (χ0) is 23.0. The summed E-state index contributed by atoms with van der Waals surface area (Å²) in [5, 5.41) is 6.85. The van der Waals surface area contributed by atoms with Gasteiger partial charge in [0.1, 0.15) is 5.82 Å². The summed E-state index contributed by atoms with van der Waals surface area (Å²) in [5.41, 5.74) is 7.82. The molecule has 3 rings (SSSR count). The van der Waals surface area contributed by atoms with E-state index in [0.29, 0.717) is 6.54 Å². The Balaban J connectivity index is 1.67. The highest BCUT2D eigenvalue weighted by Crippen LogP contribution is 2.25. The molecule has 0 unspecified atom stereocenters. The van der Waals surface area contributed by atoms with Crippen molar-refractivity contribution in [1.29, 1.82) is 0 Å². The van der Waals surface area contributed by atoms with Crippen molar-refractivity contribution >= 4 is 17.7 Å². The summed E-state index contributed by atoms with van der Waals surface area (Å²) in [6.07, 6.45) is 3.36. The van der Waals surface area contributed by atoms with E-state index in [-0.39, 0.29) is 17.2 Å². The van der Waals surface area contributed by atoms with Crippen LogP contribution in [-0.2, 0) is 16.8 Å². The summed E-state index contributed by atoms with van der Waals surface area (Å²) < 4.78 is 0. The van der Waals surface area contributed by atoms with Gasteiger partial charge in [-0.1, -0.05) is 50.2 Å². The third-order valence-electron chi connectivity index (χ3n) is 6.07. The predicted octanol–water partition coefficient (Wildman–Crippen LogP) is 2.82. The number of anilines is 1. The number of piperidine rings is 1. The Morgan fingerprint density at radius 2 is 1.88 bits per heavy atom. The van der Waals surface area contributed by atoms with Crippen LogP contribution >= 0.6 is 0 Å². The second-order valence-electron chi connectivity index (χ2n) is 8.95. The molecule has 1 aromatic carbocycles. The summed E-state index contributed by atoms with van der Waals surface area (Å²) in [6.45, 7) is 10.2. The lowest BCUT2D eigenvalue weighted by Gasteiger charge is -2.32. The molecule has 1 aromatic heterocycles. The van der Waals surface area contributed by atoms with Crippen LogP contribution < -0.4 is 21.3 Å². The Labute approximate surface area is 191 Å². The van der Waals surface area contributed by atoms with Gasteiger partial charge in [-0.2, -0.15) is 0 Å². The van der Waals surface area contributed by atoms with Crippen LogP contribution in [0.2, 0.25) is 0 Å². The molecule has 1 amide bonds. The molecule has 1 saturated heterocycles. The molecule has 1 aliphatic rings. The number of aromatic nitrogens is 1. The second kappa shape index (κ2) is 11.0. The minimum atomic E-state index is -0.199. The first kappa shape index (κ1) is 23.6. The first-order valence-electron chi connectivity index (χ1n) is 11.5. The molecule has 1 fully saturated rings. The standard InChI is InChI=1S/C25H36N6O/c1-4-27-24(30-18-25(2,3)21-10-6-5-7-11-21)29-17-20-9-8-14-28-23(20)31-15-12-19(13-16-31)22(26)32/h5-11,14,19H,4,12-13,15-18H2,1-3H3,(H2,26,32)(H2,27,29,30). The van der Waals surface area contributed by atoms with Gasteiger partial charge in [-0.25, -0.2) is 9.98 Å². The molecule has 0 atom stereocenters. The number of hydrogen-bond acceptors (Lipinski definition) is 4. The molecule has 7 nitrogen and oxygen atoms in total. The van der Waals surface area contributed by atoms with Crippen LogP contribution in [0.1, 0.15) is 44.7 Å². The molecule has 0 saturated carbocycles. The maximum atomic E-state index is 11.5. The highest BCUT2D eigenvalue weighted by molar-refractivity contribution is 5.80. The van der Waals surface area contributed by atoms with Crippen LogP contribution in [0.5, 0.6) is 0 Å². The average molecular weight is 437 g/mol. The number of hydrogen-bond donors (Lipinski definition) is 3. The molecule has 0 radical (unpaired) electrons. The molecule has 2 aromatic rings. The van der Waals surface area contributed by atoms with Gasteiger partial charge in [0.2, 0.25) is 5.91 Å². The van der Waals surface area contributed by atoms with Crippen LogP contribution in [0.25, 0.3) is 0 Å². The number of guanidine groups is 1. The molecular formula is C25H36N6O. The van der Waals surface area contributed by atoms with Gasteiger partial charge in [0.05, 0.1) is 6.54 Å². The van der Waals surface area contributed by atoms with Crippen molar-refractivity contribution in [2.24, 2.45) is 16.6 Å². The van der Waals surface area contributed by atoms with Crippen LogP contribution in [0.4, 0.5) is 5.82 Å². The maximum Gasteiger partial charge on any atom is 0.220 e. The Hall–Kier alpha value is -3.09. The van der Waals surface area contributed by atoms with Crippen molar-refractivity contribution in [3.63, 3.8) is 0 Å². The third kappa shape index (κ3) is 6.22. The number of carbonyl (C=O) groups excluding carboxylic acids is 1. The molecule has 4 N–H and O–H groups in total. The van der Waals surface area contributed by atoms with Gasteiger partial charge in [0.25, 0.3) is 0 Å². The van der Waals surface area contributed by atoms with Crippen LogP contribution in [-0.4, -0.2) is 43.0 Å². The van der Waals surface area contributed by atoms with Crippen molar-refractivity contribution in [1.82, 2.24) is 15.6 Å². The lowest BCUT2D eigenvalue weighted by atomic mass is 9.85. The number of benzene rings is 1. The quantitative estimate of drug-likeness (QED) is 0.437. The molecule has 0 spiro atoms. The molecule has 2 heterocycles. The average Bonchev–Trinajstić information content (AvgIpc) is 2.82. The van der Waals surface area contributed by atoms with E-state index >= 15 is 0 Å². The molecule has 0 aliphatic carbocycles. The van der Waals surface area contributed by atoms with Gasteiger partial charge in [-0.15, -0.1) is 0 Å². The molecule has 172 valence electrons. The van der Waals surface area contributed by atoms with Gasteiger partial charge in [0.15, 0.2) is 5.96 Å². The minimum Gasteiger partial charge on any atom is -0.369 e. The molecule has 32 heavy (non-hydrogen) atoms. The summed E-state index contributed by atoms with van der Waals surface area (Å²) in [7, 11) is 0. The first-order valence-corrected chi connectivity index (χ1v) is 11.5. The van der Waals surface area contributed by atoms with Gasteiger partial charge >= 0.3 is 0 Å². The third-order valence-corrected chi connectivity index (χ3v) is 6.07. The zero-order valence-electron chi connectivity index (χ0n) is 19.5. The van der Waals surface area contributed by atoms with Crippen LogP contribution in [0, 0.1) is 5.92 Å². The normalized spacial score (nSPS) is 15.5. The van der Waals surface area contributed by atoms with Gasteiger partial charge in [-0.05, 0) is 31.4 Å². The molecule has 1 aliphatic heterocycles. The first-order chi connectivity index (χ1) is 15.4. The number of aliphatic imine (C=N–C) groups is 1. The smallest absolute Gasteiger partial charge is 0.220 e. The SMILES string of the molecule is CCNC(=NCc1cccnc1N1CCC(C(N)=O)CC1)NCC(C)(C)c1ccccc1. The van der Waals surface area contributed by atoms with E-state index in [1.165, 1.54) is 5.56 Å². The number of amides is 1. The van der Waals surface area contributed by atoms with Gasteiger partial charge < -0.3 is 21.3 Å². The van der Waals surface area contributed by atoms with Gasteiger partial charge in [-0.3, -0.25) is 4.79 Å². The zero-order valence-corrected chi connectivity index (χ0v) is 19.5. The Morgan fingerprint density at radius 3 is 2.53 bits per heavy atom. The fourth-order valence-corrected chi connectivity index (χ4v) is 4.02. The Morgan fingerprint density at radius 1 is 1.16 bits per heavy atom. The number of nitrogens with one attached hydrogen (secondary N) is 2. The second-order valence-corrected chi connectivity index (χ2v) is 8.95. The monoisotopic (exact) mass is 436 g/mol. The summed E-state index contributed by atoms with van der Waals surface area (Å²) in [6, 6.07) is 14.5. The summed E-state index contributed by atoms with van der Waals surface area (Å²) in [5.74, 6) is 1.50. The van der Waals surface area contributed by atoms with Crippen molar-refractivity contribution in [3.05, 3.63) is 59.8 Å². The Bertz CT molecular complexity index is 904. The van der Waals surface area contributed by atoms with E-state index in [1.807, 2.05) is 18.3 Å². The van der Waals surface area contributed by atoms with Crippen molar-refractivity contribution in [3.8, 4) is 0 Å². The lowest BCUT2D eigenvalue weighted by Crippen LogP contribution is -2.43. The number of carbonyl (C=O) groups is 1. The predicted molar refractivity (Wildman–Crippen MR) is 131 cm³/mol. The van der Waals surface area contributed by atoms with E-state index in [1.54, 1.807) is 0 Å². The summed E-state index contributed by atoms with van der Waals surface area (Å²) >= 11 is 0. The van der Waals surface area contributed by atoms with Crippen molar-refractivity contribution in [2.45, 2.75) is 45.6 Å². The van der Waals surface area contributed by atoms with Crippen LogP contribution in [0.15, 0.2) is 53.7 Å². The van der Waals surface area contributed by atoms with Gasteiger partial charge in [0, 0.05) is 49.3 Å². The van der Waals surface area contributed by atoms with Crippen molar-refractivity contribution in [2.75, 3.05) is 31.1 Å². The van der Waals surface area contributed by atoms with E-state index < -0.39 is 0 Å². The van der Waals surface area contributed by atoms with E-state index in [0.717, 1.165) is 56.4 Å². The Kier molecular flexibility index (Phi) is 8.09. The lowest BCUT2D eigenvalue weighted by molar-refractivity contribution is -0.122. The number of nitrogens with two attached hydrogens (primary N) is 1. The van der Waals surface area contributed by atoms with Crippen LogP contribution in [0.3, 0.4) is 0 Å². The molecule has 0 bridgehead atoms. The van der Waals surface area contributed by atoms with E-state index in [9.17, 15) is 4.79 Å². The maximum absolute atomic E-state index is 11.5.